The molecule has 0 saturated heterocycles. The van der Waals surface area contributed by atoms with Crippen molar-refractivity contribution in [3.8, 4) is 0 Å². The van der Waals surface area contributed by atoms with Crippen molar-refractivity contribution < 1.29 is 0 Å². The van der Waals surface area contributed by atoms with Crippen LogP contribution in [0, 0.1) is 0 Å². The summed E-state index contributed by atoms with van der Waals surface area (Å²) >= 11 is 1.60. The Labute approximate surface area is 86.2 Å². The van der Waals surface area contributed by atoms with Gasteiger partial charge in [-0.1, -0.05) is 0 Å². The van der Waals surface area contributed by atoms with Crippen molar-refractivity contribution in [2.45, 2.75) is 6.42 Å². The first kappa shape index (κ1) is 9.36. The third kappa shape index (κ3) is 2.00. The Morgan fingerprint density at radius 2 is 2.36 bits per heavy atom. The second-order valence-electron chi connectivity index (χ2n) is 2.94. The van der Waals surface area contributed by atoms with Crippen LogP contribution in [0.1, 0.15) is 6.42 Å². The molecule has 0 bridgehead atoms. The van der Waals surface area contributed by atoms with E-state index >= 15 is 0 Å². The van der Waals surface area contributed by atoms with Gasteiger partial charge < -0.3 is 11.1 Å². The molecular formula is C9H12N4S. The normalized spacial score (nSPS) is 10.6. The van der Waals surface area contributed by atoms with Gasteiger partial charge in [0.05, 0.1) is 10.2 Å². The zero-order chi connectivity index (χ0) is 9.80. The average molecular weight is 208 g/mol. The number of hydrogen-bond acceptors (Lipinski definition) is 5. The van der Waals surface area contributed by atoms with Gasteiger partial charge >= 0.3 is 0 Å². The zero-order valence-electron chi connectivity index (χ0n) is 7.73. The van der Waals surface area contributed by atoms with Gasteiger partial charge in [0.1, 0.15) is 5.82 Å². The topological polar surface area (TPSA) is 63.8 Å². The number of rotatable bonds is 4. The van der Waals surface area contributed by atoms with Gasteiger partial charge in [-0.3, -0.25) is 0 Å². The molecule has 0 aliphatic rings. The van der Waals surface area contributed by atoms with Gasteiger partial charge in [0.2, 0.25) is 0 Å². The smallest absolute Gasteiger partial charge is 0.172 e. The predicted molar refractivity (Wildman–Crippen MR) is 59.6 cm³/mol. The number of thiazole rings is 1. The van der Waals surface area contributed by atoms with Crippen LogP contribution < -0.4 is 11.1 Å². The Hall–Kier alpha value is -1.20. The fourth-order valence-electron chi connectivity index (χ4n) is 1.17. The summed E-state index contributed by atoms with van der Waals surface area (Å²) in [4.78, 5) is 8.50. The Kier molecular flexibility index (Phi) is 2.90. The third-order valence-electron chi connectivity index (χ3n) is 1.88. The molecule has 0 aliphatic heterocycles. The summed E-state index contributed by atoms with van der Waals surface area (Å²) in [6.07, 6.45) is 0.955. The zero-order valence-corrected chi connectivity index (χ0v) is 8.55. The van der Waals surface area contributed by atoms with Crippen molar-refractivity contribution in [1.29, 1.82) is 0 Å². The summed E-state index contributed by atoms with van der Waals surface area (Å²) in [5.74, 6) is 0.872. The number of fused-ring (bicyclic) bond motifs is 1. The minimum absolute atomic E-state index is 0.700. The lowest BCUT2D eigenvalue weighted by Crippen LogP contribution is -2.09. The van der Waals surface area contributed by atoms with Gasteiger partial charge in [0.25, 0.3) is 0 Å². The van der Waals surface area contributed by atoms with E-state index in [1.807, 2.05) is 12.1 Å². The molecule has 74 valence electrons. The lowest BCUT2D eigenvalue weighted by Gasteiger charge is -2.03. The molecule has 3 N–H and O–H groups in total. The number of pyridine rings is 1. The lowest BCUT2D eigenvalue weighted by atomic mass is 10.4. The molecule has 5 heteroatoms. The van der Waals surface area contributed by atoms with Gasteiger partial charge in [-0.05, 0) is 25.1 Å². The Morgan fingerprint density at radius 1 is 1.43 bits per heavy atom. The molecular weight excluding hydrogens is 196 g/mol. The Morgan fingerprint density at radius 3 is 3.21 bits per heavy atom. The third-order valence-corrected chi connectivity index (χ3v) is 2.66. The number of hydrogen-bond donors (Lipinski definition) is 2. The SMILES string of the molecule is NCCCNc1ccc2scnc2n1. The molecule has 0 fully saturated rings. The maximum Gasteiger partial charge on any atom is 0.172 e. The quantitative estimate of drug-likeness (QED) is 0.746. The van der Waals surface area contributed by atoms with E-state index in [4.69, 9.17) is 5.73 Å². The number of nitrogens with zero attached hydrogens (tertiary/aromatic N) is 2. The van der Waals surface area contributed by atoms with Gasteiger partial charge in [-0.25, -0.2) is 9.97 Å². The largest absolute Gasteiger partial charge is 0.370 e. The van der Waals surface area contributed by atoms with E-state index in [-0.39, 0.29) is 0 Å². The minimum Gasteiger partial charge on any atom is -0.370 e. The van der Waals surface area contributed by atoms with Crippen molar-refractivity contribution in [3.05, 3.63) is 17.6 Å². The van der Waals surface area contributed by atoms with Crippen molar-refractivity contribution in [2.75, 3.05) is 18.4 Å². The molecule has 2 aromatic heterocycles. The Bertz CT molecular complexity index is 412. The molecule has 0 spiro atoms. The molecule has 0 aliphatic carbocycles. The number of nitrogens with two attached hydrogens (primary N) is 1. The van der Waals surface area contributed by atoms with Crippen LogP contribution in [0.2, 0.25) is 0 Å². The highest BCUT2D eigenvalue weighted by atomic mass is 32.1. The number of nitrogens with one attached hydrogen (secondary N) is 1. The van der Waals surface area contributed by atoms with E-state index in [2.05, 4.69) is 15.3 Å². The molecule has 2 aromatic rings. The molecule has 0 atom stereocenters. The van der Waals surface area contributed by atoms with Crippen LogP contribution in [0.3, 0.4) is 0 Å². The molecule has 0 aromatic carbocycles. The van der Waals surface area contributed by atoms with E-state index in [0.29, 0.717) is 6.54 Å². The first-order valence-corrected chi connectivity index (χ1v) is 5.42. The van der Waals surface area contributed by atoms with Gasteiger partial charge in [0, 0.05) is 6.54 Å². The van der Waals surface area contributed by atoms with Crippen LogP contribution in [0.5, 0.6) is 0 Å². The van der Waals surface area contributed by atoms with Crippen molar-refractivity contribution >= 4 is 27.5 Å². The van der Waals surface area contributed by atoms with E-state index < -0.39 is 0 Å². The summed E-state index contributed by atoms with van der Waals surface area (Å²) < 4.78 is 1.12. The molecule has 4 nitrogen and oxygen atoms in total. The standard InChI is InChI=1S/C9H12N4S/c10-4-1-5-11-8-3-2-7-9(13-8)12-6-14-7/h2-3,6H,1,4-5,10H2,(H,11,13). The maximum atomic E-state index is 5.40. The number of aromatic nitrogens is 2. The van der Waals surface area contributed by atoms with E-state index in [1.54, 1.807) is 16.8 Å². The maximum absolute atomic E-state index is 5.40. The first-order valence-electron chi connectivity index (χ1n) is 4.54. The monoisotopic (exact) mass is 208 g/mol. The summed E-state index contributed by atoms with van der Waals surface area (Å²) in [6, 6.07) is 4.00. The van der Waals surface area contributed by atoms with Crippen LogP contribution in [0.25, 0.3) is 10.3 Å². The van der Waals surface area contributed by atoms with Crippen LogP contribution in [-0.4, -0.2) is 23.1 Å². The van der Waals surface area contributed by atoms with Gasteiger partial charge in [-0.15, -0.1) is 11.3 Å². The molecule has 0 radical (unpaired) electrons. The predicted octanol–water partition coefficient (Wildman–Crippen LogP) is 1.45. The van der Waals surface area contributed by atoms with Crippen molar-refractivity contribution in [1.82, 2.24) is 9.97 Å². The molecule has 0 unspecified atom stereocenters. The van der Waals surface area contributed by atoms with Gasteiger partial charge in [0.15, 0.2) is 5.65 Å². The number of anilines is 1. The minimum atomic E-state index is 0.700. The summed E-state index contributed by atoms with van der Waals surface area (Å²) in [6.45, 7) is 1.56. The fraction of sp³-hybridized carbons (Fsp3) is 0.333. The first-order chi connectivity index (χ1) is 6.90. The molecule has 2 heterocycles. The highest BCUT2D eigenvalue weighted by Gasteiger charge is 1.99. The van der Waals surface area contributed by atoms with Crippen LogP contribution in [-0.2, 0) is 0 Å². The summed E-state index contributed by atoms with van der Waals surface area (Å²) in [5.41, 5.74) is 8.02. The highest BCUT2D eigenvalue weighted by molar-refractivity contribution is 7.16. The molecule has 2 rings (SSSR count). The van der Waals surface area contributed by atoms with Crippen molar-refractivity contribution in [2.24, 2.45) is 5.73 Å². The van der Waals surface area contributed by atoms with Crippen LogP contribution in [0.4, 0.5) is 5.82 Å². The lowest BCUT2D eigenvalue weighted by molar-refractivity contribution is 0.871. The van der Waals surface area contributed by atoms with E-state index in [0.717, 1.165) is 29.1 Å². The second kappa shape index (κ2) is 4.34. The van der Waals surface area contributed by atoms with E-state index in [9.17, 15) is 0 Å². The van der Waals surface area contributed by atoms with E-state index in [1.165, 1.54) is 0 Å². The van der Waals surface area contributed by atoms with Gasteiger partial charge in [-0.2, -0.15) is 0 Å². The molecule has 0 saturated carbocycles. The highest BCUT2D eigenvalue weighted by Crippen LogP contribution is 2.17. The average Bonchev–Trinajstić information content (AvgIpc) is 2.65. The molecule has 14 heavy (non-hydrogen) atoms. The molecule has 0 amide bonds. The fourth-order valence-corrected chi connectivity index (χ4v) is 1.79. The summed E-state index contributed by atoms with van der Waals surface area (Å²) in [7, 11) is 0. The Balaban J connectivity index is 2.10. The second-order valence-corrected chi connectivity index (χ2v) is 3.83. The van der Waals surface area contributed by atoms with Crippen LogP contribution >= 0.6 is 11.3 Å². The summed E-state index contributed by atoms with van der Waals surface area (Å²) in [5, 5.41) is 3.20. The van der Waals surface area contributed by atoms with Crippen LogP contribution in [0.15, 0.2) is 17.6 Å². The van der Waals surface area contributed by atoms with Crippen molar-refractivity contribution in [3.63, 3.8) is 0 Å².